The summed E-state index contributed by atoms with van der Waals surface area (Å²) in [6.45, 7) is 12.5. The van der Waals surface area contributed by atoms with Crippen LogP contribution in [0.4, 0.5) is 0 Å². The first-order valence-corrected chi connectivity index (χ1v) is 15.6. The molecule has 0 atom stereocenters. The fourth-order valence-corrected chi connectivity index (χ4v) is 4.79. The van der Waals surface area contributed by atoms with Gasteiger partial charge >= 0.3 is 23.9 Å². The lowest BCUT2D eigenvalue weighted by Gasteiger charge is -2.18. The van der Waals surface area contributed by atoms with Crippen molar-refractivity contribution in [1.29, 1.82) is 0 Å². The van der Waals surface area contributed by atoms with Crippen LogP contribution in [0, 0.1) is 12.8 Å². The molecule has 49 heavy (non-hydrogen) atoms. The van der Waals surface area contributed by atoms with E-state index in [9.17, 15) is 24.3 Å². The zero-order valence-electron chi connectivity index (χ0n) is 27.7. The van der Waals surface area contributed by atoms with Crippen molar-refractivity contribution in [3.05, 3.63) is 126 Å². The predicted molar refractivity (Wildman–Crippen MR) is 187 cm³/mol. The van der Waals surface area contributed by atoms with Gasteiger partial charge in [0.2, 0.25) is 0 Å². The molecule has 0 aliphatic heterocycles. The van der Waals surface area contributed by atoms with E-state index in [1.165, 1.54) is 6.08 Å². The Morgan fingerprint density at radius 1 is 0.816 bits per heavy atom. The van der Waals surface area contributed by atoms with Crippen LogP contribution in [0.5, 0.6) is 11.5 Å². The molecule has 0 aliphatic carbocycles. The van der Waals surface area contributed by atoms with E-state index in [0.717, 1.165) is 16.3 Å². The molecular formula is C40H38O9. The summed E-state index contributed by atoms with van der Waals surface area (Å²) >= 11 is 0. The molecule has 252 valence electrons. The highest BCUT2D eigenvalue weighted by atomic mass is 16.5. The van der Waals surface area contributed by atoms with Gasteiger partial charge in [-0.05, 0) is 103 Å². The van der Waals surface area contributed by atoms with E-state index in [-0.39, 0.29) is 35.8 Å². The van der Waals surface area contributed by atoms with E-state index in [1.807, 2.05) is 36.4 Å². The molecule has 0 aromatic heterocycles. The number of fused-ring (bicyclic) bond motifs is 1. The van der Waals surface area contributed by atoms with Crippen molar-refractivity contribution in [2.45, 2.75) is 27.2 Å². The third kappa shape index (κ3) is 10.3. The lowest BCUT2D eigenvalue weighted by Crippen LogP contribution is -2.23. The number of carbonyl (C=O) groups excluding carboxylic acids is 3. The average Bonchev–Trinajstić information content (AvgIpc) is 3.08. The highest BCUT2D eigenvalue weighted by molar-refractivity contribution is 5.96. The van der Waals surface area contributed by atoms with Crippen molar-refractivity contribution in [3.8, 4) is 22.6 Å². The van der Waals surface area contributed by atoms with Gasteiger partial charge in [-0.3, -0.25) is 0 Å². The van der Waals surface area contributed by atoms with Gasteiger partial charge in [0.05, 0.1) is 25.4 Å². The normalized spacial score (nSPS) is 10.9. The number of benzene rings is 4. The van der Waals surface area contributed by atoms with Crippen molar-refractivity contribution >= 4 is 40.7 Å². The van der Waals surface area contributed by atoms with Crippen molar-refractivity contribution < 1.29 is 43.2 Å². The molecule has 0 aliphatic rings. The van der Waals surface area contributed by atoms with Crippen molar-refractivity contribution in [2.75, 3.05) is 19.8 Å². The fourth-order valence-electron chi connectivity index (χ4n) is 4.79. The lowest BCUT2D eigenvalue weighted by atomic mass is 9.98. The van der Waals surface area contributed by atoms with Crippen molar-refractivity contribution in [2.24, 2.45) is 5.92 Å². The molecule has 4 aromatic rings. The van der Waals surface area contributed by atoms with E-state index >= 15 is 0 Å². The van der Waals surface area contributed by atoms with Crippen LogP contribution in [0.3, 0.4) is 0 Å². The van der Waals surface area contributed by atoms with Gasteiger partial charge in [-0.1, -0.05) is 55.6 Å². The van der Waals surface area contributed by atoms with Gasteiger partial charge < -0.3 is 24.1 Å². The van der Waals surface area contributed by atoms with Crippen LogP contribution in [0.15, 0.2) is 109 Å². The average molecular weight is 663 g/mol. The van der Waals surface area contributed by atoms with Gasteiger partial charge in [0, 0.05) is 23.1 Å². The summed E-state index contributed by atoms with van der Waals surface area (Å²) in [6, 6.07) is 23.3. The van der Waals surface area contributed by atoms with E-state index in [1.54, 1.807) is 69.3 Å². The molecule has 0 saturated heterocycles. The minimum atomic E-state index is -1.01. The van der Waals surface area contributed by atoms with Crippen LogP contribution in [-0.4, -0.2) is 48.8 Å². The van der Waals surface area contributed by atoms with Crippen LogP contribution in [0.25, 0.3) is 28.0 Å². The maximum Gasteiger partial charge on any atom is 0.336 e. The van der Waals surface area contributed by atoms with Crippen molar-refractivity contribution in [1.82, 2.24) is 0 Å². The van der Waals surface area contributed by atoms with Crippen LogP contribution in [0.2, 0.25) is 0 Å². The van der Waals surface area contributed by atoms with E-state index < -0.39 is 23.9 Å². The Labute approximate surface area is 285 Å². The molecule has 9 nitrogen and oxygen atoms in total. The first-order chi connectivity index (χ1) is 23.4. The number of hydrogen-bond donors (Lipinski definition) is 1. The van der Waals surface area contributed by atoms with Gasteiger partial charge in [-0.25, -0.2) is 19.2 Å². The molecule has 1 N–H and O–H groups in total. The molecule has 0 heterocycles. The number of carboxylic acid groups (broad SMARTS) is 1. The van der Waals surface area contributed by atoms with Gasteiger partial charge in [0.15, 0.2) is 0 Å². The van der Waals surface area contributed by atoms with E-state index in [2.05, 4.69) is 13.2 Å². The Balaban J connectivity index is 1.34. The predicted octanol–water partition coefficient (Wildman–Crippen LogP) is 7.76. The Morgan fingerprint density at radius 2 is 1.47 bits per heavy atom. The highest BCUT2D eigenvalue weighted by Crippen LogP contribution is 2.29. The zero-order chi connectivity index (χ0) is 35.5. The number of carboxylic acids is 1. The third-order valence-corrected chi connectivity index (χ3v) is 7.49. The van der Waals surface area contributed by atoms with Crippen LogP contribution in [-0.2, 0) is 23.9 Å². The molecule has 0 fully saturated rings. The number of carbonyl (C=O) groups is 4. The van der Waals surface area contributed by atoms with E-state index in [0.29, 0.717) is 41.2 Å². The van der Waals surface area contributed by atoms with Crippen LogP contribution in [0.1, 0.15) is 41.8 Å². The number of rotatable bonds is 15. The number of esters is 3. The quantitative estimate of drug-likeness (QED) is 0.0772. The Hall–Kier alpha value is -5.96. The zero-order valence-corrected chi connectivity index (χ0v) is 27.7. The smallest absolute Gasteiger partial charge is 0.336 e. The number of aromatic carboxylic acids is 1. The summed E-state index contributed by atoms with van der Waals surface area (Å²) in [4.78, 5) is 48.0. The summed E-state index contributed by atoms with van der Waals surface area (Å²) in [7, 11) is 0. The second kappa shape index (κ2) is 16.7. The maximum absolute atomic E-state index is 12.6. The second-order valence-corrected chi connectivity index (χ2v) is 11.6. The molecular weight excluding hydrogens is 624 g/mol. The summed E-state index contributed by atoms with van der Waals surface area (Å²) in [5, 5.41) is 11.4. The highest BCUT2D eigenvalue weighted by Gasteiger charge is 2.17. The second-order valence-electron chi connectivity index (χ2n) is 11.6. The molecule has 9 heteroatoms. The number of hydrogen-bond acceptors (Lipinski definition) is 8. The van der Waals surface area contributed by atoms with E-state index in [4.69, 9.17) is 18.9 Å². The van der Waals surface area contributed by atoms with Gasteiger partial charge in [-0.15, -0.1) is 0 Å². The Morgan fingerprint density at radius 3 is 2.12 bits per heavy atom. The minimum absolute atomic E-state index is 0.0512. The van der Waals surface area contributed by atoms with Crippen LogP contribution < -0.4 is 9.47 Å². The largest absolute Gasteiger partial charge is 0.494 e. The number of ether oxygens (including phenoxy) is 4. The first kappa shape index (κ1) is 35.9. The molecule has 0 saturated carbocycles. The lowest BCUT2D eigenvalue weighted by molar-refractivity contribution is -0.144. The monoisotopic (exact) mass is 662 g/mol. The number of aryl methyl sites for hydroxylation is 1. The van der Waals surface area contributed by atoms with Gasteiger partial charge in [-0.2, -0.15) is 0 Å². The SMILES string of the molecule is C=C(C)C(=O)OCC(CCOc1ccc2cc(/C=C/C(=O)Oc3ccc(-c4ccccc4C(=O)O)cc3C)ccc2c1)COC(=O)C(=C)C. The van der Waals surface area contributed by atoms with Crippen LogP contribution >= 0.6 is 0 Å². The molecule has 0 amide bonds. The molecule has 0 radical (unpaired) electrons. The van der Waals surface area contributed by atoms with Crippen molar-refractivity contribution in [3.63, 3.8) is 0 Å². The standard InChI is InChI=1S/C40H38O9/c1-25(2)39(44)47-23-29(24-48-40(45)26(3)4)18-19-46-33-15-13-30-21-28(10-12-31(30)22-33)11-17-37(41)49-36-16-14-32(20-27(36)5)34-8-6-7-9-35(34)38(42)43/h6-17,20-22,29H,1,3,18-19,23-24H2,2,4-5H3,(H,42,43)/b17-11+. The Kier molecular flexibility index (Phi) is 12.3. The molecule has 0 spiro atoms. The third-order valence-electron chi connectivity index (χ3n) is 7.49. The molecule has 4 aromatic carbocycles. The topological polar surface area (TPSA) is 125 Å². The minimum Gasteiger partial charge on any atom is -0.494 e. The summed E-state index contributed by atoms with van der Waals surface area (Å²) in [5.41, 5.74) is 3.54. The summed E-state index contributed by atoms with van der Waals surface area (Å²) < 4.78 is 22.1. The molecule has 0 unspecified atom stereocenters. The molecule has 4 rings (SSSR count). The maximum atomic E-state index is 12.6. The Bertz CT molecular complexity index is 1910. The first-order valence-electron chi connectivity index (χ1n) is 15.6. The summed E-state index contributed by atoms with van der Waals surface area (Å²) in [6.07, 6.45) is 3.48. The van der Waals surface area contributed by atoms with Gasteiger partial charge in [0.25, 0.3) is 0 Å². The van der Waals surface area contributed by atoms with Gasteiger partial charge in [0.1, 0.15) is 11.5 Å². The molecule has 0 bridgehead atoms. The fraction of sp³-hybridized carbons (Fsp3) is 0.200. The summed E-state index contributed by atoms with van der Waals surface area (Å²) in [5.74, 6) is -1.85.